The summed E-state index contributed by atoms with van der Waals surface area (Å²) in [6.45, 7) is 2.12. The molecule has 0 aliphatic rings. The smallest absolute Gasteiger partial charge is 0.337 e. The first-order chi connectivity index (χ1) is 9.60. The molecule has 1 atom stereocenters. The number of sulfone groups is 1. The second kappa shape index (κ2) is 6.23. The zero-order chi connectivity index (χ0) is 16.3. The summed E-state index contributed by atoms with van der Waals surface area (Å²) in [5, 5.41) is 20.5. The van der Waals surface area contributed by atoms with Crippen LogP contribution in [0.25, 0.3) is 0 Å². The first-order valence-corrected chi connectivity index (χ1v) is 7.82. The fraction of sp³-hybridized carbons (Fsp3) is 0.385. The Morgan fingerprint density at radius 2 is 1.76 bits per heavy atom. The third-order valence-corrected chi connectivity index (χ3v) is 4.66. The van der Waals surface area contributed by atoms with Gasteiger partial charge in [0.25, 0.3) is 5.91 Å². The van der Waals surface area contributed by atoms with Gasteiger partial charge in [-0.2, -0.15) is 0 Å². The number of carboxylic acids is 1. The molecule has 7 nitrogen and oxygen atoms in total. The molecular formula is C13H17NO6S. The highest BCUT2D eigenvalue weighted by Crippen LogP contribution is 2.12. The summed E-state index contributed by atoms with van der Waals surface area (Å²) in [7, 11) is -3.34. The van der Waals surface area contributed by atoms with E-state index in [0.29, 0.717) is 0 Å². The molecule has 1 amide bonds. The Labute approximate surface area is 122 Å². The zero-order valence-electron chi connectivity index (χ0n) is 11.7. The predicted octanol–water partition coefficient (Wildman–Crippen LogP) is 0.0456. The minimum atomic E-state index is -3.34. The van der Waals surface area contributed by atoms with Gasteiger partial charge in [0, 0.05) is 5.56 Å². The Kier molecular flexibility index (Phi) is 5.08. The minimum absolute atomic E-state index is 0.0416. The van der Waals surface area contributed by atoms with E-state index in [1.807, 2.05) is 0 Å². The van der Waals surface area contributed by atoms with Crippen LogP contribution in [0.4, 0.5) is 0 Å². The van der Waals surface area contributed by atoms with Crippen molar-refractivity contribution in [3.63, 3.8) is 0 Å². The van der Waals surface area contributed by atoms with Gasteiger partial charge in [-0.1, -0.05) is 6.92 Å². The van der Waals surface area contributed by atoms with Crippen molar-refractivity contribution >= 4 is 21.7 Å². The van der Waals surface area contributed by atoms with E-state index in [0.717, 1.165) is 6.92 Å². The molecule has 0 fully saturated rings. The second-order valence-corrected chi connectivity index (χ2v) is 6.97. The van der Waals surface area contributed by atoms with E-state index in [-0.39, 0.29) is 16.2 Å². The molecule has 0 spiro atoms. The number of rotatable bonds is 6. The summed E-state index contributed by atoms with van der Waals surface area (Å²) in [4.78, 5) is 22.6. The number of aliphatic hydroxyl groups is 1. The van der Waals surface area contributed by atoms with Gasteiger partial charge < -0.3 is 15.5 Å². The van der Waals surface area contributed by atoms with E-state index < -0.39 is 33.9 Å². The lowest BCUT2D eigenvalue weighted by atomic mass is 10.1. The molecule has 0 radical (unpaired) electrons. The van der Waals surface area contributed by atoms with Crippen molar-refractivity contribution in [1.82, 2.24) is 5.32 Å². The number of carbonyl (C=O) groups excluding carboxylic acids is 1. The molecule has 8 heteroatoms. The third-order valence-electron chi connectivity index (χ3n) is 2.91. The van der Waals surface area contributed by atoms with Crippen LogP contribution in [0.2, 0.25) is 0 Å². The number of hydrogen-bond acceptors (Lipinski definition) is 5. The predicted molar refractivity (Wildman–Crippen MR) is 74.8 cm³/mol. The Hall–Kier alpha value is -1.93. The summed E-state index contributed by atoms with van der Waals surface area (Å²) in [6.07, 6.45) is 0. The van der Waals surface area contributed by atoms with Gasteiger partial charge in [-0.3, -0.25) is 4.79 Å². The van der Waals surface area contributed by atoms with Crippen LogP contribution in [-0.4, -0.2) is 48.4 Å². The van der Waals surface area contributed by atoms with Crippen molar-refractivity contribution in [3.8, 4) is 0 Å². The lowest BCUT2D eigenvalue weighted by Gasteiger charge is -2.18. The summed E-state index contributed by atoms with van der Waals surface area (Å²) in [6, 6.07) is 5.27. The van der Waals surface area contributed by atoms with Crippen LogP contribution in [0.15, 0.2) is 29.2 Å². The van der Waals surface area contributed by atoms with Crippen LogP contribution in [0.5, 0.6) is 0 Å². The molecule has 116 valence electrons. The molecule has 0 aromatic heterocycles. The molecule has 0 aliphatic carbocycles. The minimum Gasteiger partial charge on any atom is -0.479 e. The number of amides is 1. The van der Waals surface area contributed by atoms with E-state index in [1.54, 1.807) is 0 Å². The molecule has 0 saturated heterocycles. The standard InChI is InChI=1S/C13H17NO6S/c1-3-21(19,20)10-6-4-9(5-7-10)11(15)14-8-13(2,18)12(16)17/h4-7,18H,3,8H2,1-2H3,(H,14,15)(H,16,17). The zero-order valence-corrected chi connectivity index (χ0v) is 12.5. The van der Waals surface area contributed by atoms with Crippen LogP contribution >= 0.6 is 0 Å². The number of aliphatic carboxylic acids is 1. The third kappa shape index (κ3) is 4.27. The number of benzene rings is 1. The fourth-order valence-corrected chi connectivity index (χ4v) is 2.29. The van der Waals surface area contributed by atoms with Crippen molar-refractivity contribution < 1.29 is 28.2 Å². The molecule has 3 N–H and O–H groups in total. The average Bonchev–Trinajstić information content (AvgIpc) is 2.44. The van der Waals surface area contributed by atoms with Crippen LogP contribution in [0.1, 0.15) is 24.2 Å². The summed E-state index contributed by atoms with van der Waals surface area (Å²) in [5.74, 6) is -2.09. The molecule has 0 saturated carbocycles. The van der Waals surface area contributed by atoms with Gasteiger partial charge in [0.1, 0.15) is 0 Å². The van der Waals surface area contributed by atoms with E-state index in [2.05, 4.69) is 5.32 Å². The number of carbonyl (C=O) groups is 2. The van der Waals surface area contributed by atoms with E-state index in [1.165, 1.54) is 31.2 Å². The van der Waals surface area contributed by atoms with E-state index in [4.69, 9.17) is 5.11 Å². The highest BCUT2D eigenvalue weighted by atomic mass is 32.2. The maximum Gasteiger partial charge on any atom is 0.337 e. The largest absolute Gasteiger partial charge is 0.479 e. The molecule has 21 heavy (non-hydrogen) atoms. The number of hydrogen-bond donors (Lipinski definition) is 3. The van der Waals surface area contributed by atoms with Crippen LogP contribution in [0, 0.1) is 0 Å². The maximum absolute atomic E-state index is 11.8. The first kappa shape index (κ1) is 17.1. The lowest BCUT2D eigenvalue weighted by molar-refractivity contribution is -0.155. The van der Waals surface area contributed by atoms with Gasteiger partial charge in [-0.15, -0.1) is 0 Å². The quantitative estimate of drug-likeness (QED) is 0.682. The van der Waals surface area contributed by atoms with Gasteiger partial charge in [-0.25, -0.2) is 13.2 Å². The normalized spacial score (nSPS) is 14.2. The Morgan fingerprint density at radius 3 is 2.19 bits per heavy atom. The molecule has 1 rings (SSSR count). The maximum atomic E-state index is 11.8. The molecule has 0 heterocycles. The molecule has 1 unspecified atom stereocenters. The summed E-state index contributed by atoms with van der Waals surface area (Å²) < 4.78 is 23.2. The highest BCUT2D eigenvalue weighted by Gasteiger charge is 2.30. The molecular weight excluding hydrogens is 298 g/mol. The van der Waals surface area contributed by atoms with E-state index in [9.17, 15) is 23.1 Å². The SMILES string of the molecule is CCS(=O)(=O)c1ccc(C(=O)NCC(C)(O)C(=O)O)cc1. The van der Waals surface area contributed by atoms with Gasteiger partial charge in [0.15, 0.2) is 15.4 Å². The molecule has 0 bridgehead atoms. The second-order valence-electron chi connectivity index (χ2n) is 4.69. The molecule has 1 aromatic rings. The Morgan fingerprint density at radius 1 is 1.24 bits per heavy atom. The van der Waals surface area contributed by atoms with Gasteiger partial charge in [-0.05, 0) is 31.2 Å². The molecule has 1 aromatic carbocycles. The van der Waals surface area contributed by atoms with Gasteiger partial charge >= 0.3 is 5.97 Å². The van der Waals surface area contributed by atoms with Gasteiger partial charge in [0.2, 0.25) is 0 Å². The topological polar surface area (TPSA) is 121 Å². The summed E-state index contributed by atoms with van der Waals surface area (Å²) in [5.41, 5.74) is -1.90. The lowest BCUT2D eigenvalue weighted by Crippen LogP contribution is -2.46. The monoisotopic (exact) mass is 315 g/mol. The molecule has 0 aliphatic heterocycles. The first-order valence-electron chi connectivity index (χ1n) is 6.17. The van der Waals surface area contributed by atoms with Crippen molar-refractivity contribution in [2.75, 3.05) is 12.3 Å². The highest BCUT2D eigenvalue weighted by molar-refractivity contribution is 7.91. The van der Waals surface area contributed by atoms with Crippen molar-refractivity contribution in [1.29, 1.82) is 0 Å². The number of nitrogens with one attached hydrogen (secondary N) is 1. The van der Waals surface area contributed by atoms with Crippen molar-refractivity contribution in [2.24, 2.45) is 0 Å². The fourth-order valence-electron chi connectivity index (χ4n) is 1.41. The van der Waals surface area contributed by atoms with Crippen molar-refractivity contribution in [3.05, 3.63) is 29.8 Å². The van der Waals surface area contributed by atoms with E-state index >= 15 is 0 Å². The summed E-state index contributed by atoms with van der Waals surface area (Å²) >= 11 is 0. The Balaban J connectivity index is 2.79. The van der Waals surface area contributed by atoms with Crippen molar-refractivity contribution in [2.45, 2.75) is 24.3 Å². The van der Waals surface area contributed by atoms with Crippen LogP contribution in [-0.2, 0) is 14.6 Å². The van der Waals surface area contributed by atoms with Gasteiger partial charge in [0.05, 0.1) is 17.2 Å². The van der Waals surface area contributed by atoms with Crippen LogP contribution < -0.4 is 5.32 Å². The van der Waals surface area contributed by atoms with Crippen LogP contribution in [0.3, 0.4) is 0 Å². The Bertz CT molecular complexity index is 633. The average molecular weight is 315 g/mol. The number of carboxylic acid groups (broad SMARTS) is 1.